The third-order valence-corrected chi connectivity index (χ3v) is 0.856. The van der Waals surface area contributed by atoms with Crippen molar-refractivity contribution in [2.75, 3.05) is 5.75 Å². The Balaban J connectivity index is 3.34. The van der Waals surface area contributed by atoms with Crippen LogP contribution in [0.25, 0.3) is 0 Å². The summed E-state index contributed by atoms with van der Waals surface area (Å²) in [5.41, 5.74) is 4.91. The highest BCUT2D eigenvalue weighted by Gasteiger charge is 2.06. The predicted molar refractivity (Wildman–Crippen MR) is 28.1 cm³/mol. The lowest BCUT2D eigenvalue weighted by atomic mass is 10.4. The van der Waals surface area contributed by atoms with Gasteiger partial charge in [-0.25, -0.2) is 0 Å². The summed E-state index contributed by atoms with van der Waals surface area (Å²) >= 11 is 4.35. The van der Waals surface area contributed by atoms with Crippen LogP contribution < -0.4 is 5.73 Å². The van der Waals surface area contributed by atoms with E-state index < -0.39 is 12.0 Å². The number of carboxylic acids is 1. The van der Waals surface area contributed by atoms with E-state index in [1.165, 1.54) is 0 Å². The van der Waals surface area contributed by atoms with E-state index in [4.69, 9.17) is 10.8 Å². The maximum Gasteiger partial charge on any atom is 0.321 e. The lowest BCUT2D eigenvalue weighted by Crippen LogP contribution is -2.31. The van der Waals surface area contributed by atoms with Crippen molar-refractivity contribution in [3.05, 3.63) is 0 Å². The van der Waals surface area contributed by atoms with Gasteiger partial charge in [0.15, 0.2) is 0 Å². The van der Waals surface area contributed by atoms with Crippen molar-refractivity contribution in [2.45, 2.75) is 6.04 Å². The second-order valence-corrected chi connectivity index (χ2v) is 1.44. The molecule has 0 aromatic heterocycles. The van der Waals surface area contributed by atoms with Crippen molar-refractivity contribution >= 4 is 18.6 Å². The molecule has 0 saturated heterocycles. The molecule has 1 unspecified atom stereocenters. The molecule has 0 aromatic carbocycles. The van der Waals surface area contributed by atoms with Gasteiger partial charge >= 0.3 is 5.97 Å². The van der Waals surface area contributed by atoms with Gasteiger partial charge in [0.1, 0.15) is 6.04 Å². The fraction of sp³-hybridized carbons (Fsp3) is 0.667. The Bertz CT molecular complexity index is 75.3. The van der Waals surface area contributed by atoms with E-state index in [1.54, 1.807) is 0 Å². The van der Waals surface area contributed by atoms with Gasteiger partial charge in [-0.15, -0.1) is 0 Å². The molecule has 3 N–H and O–H groups in total. The molecule has 0 aliphatic rings. The van der Waals surface area contributed by atoms with Crippen LogP contribution >= 0.6 is 12.6 Å². The molecule has 1 radical (unpaired) electrons. The third-order valence-electron chi connectivity index (χ3n) is 0.497. The van der Waals surface area contributed by atoms with Crippen molar-refractivity contribution in [3.63, 3.8) is 0 Å². The zero-order valence-electron chi connectivity index (χ0n) is 3.63. The predicted octanol–water partition coefficient (Wildman–Crippen LogP) is -0.404. The van der Waals surface area contributed by atoms with Crippen LogP contribution in [0.3, 0.4) is 0 Å². The summed E-state index contributed by atoms with van der Waals surface area (Å²) in [7, 11) is 0. The smallest absolute Gasteiger partial charge is 0.321 e. The van der Waals surface area contributed by atoms with Gasteiger partial charge in [-0.05, 0) is 0 Å². The third kappa shape index (κ3) is 2.47. The van der Waals surface area contributed by atoms with E-state index >= 15 is 0 Å². The van der Waals surface area contributed by atoms with Gasteiger partial charge in [0.25, 0.3) is 0 Å². The number of carbonyl (C=O) groups is 1. The zero-order chi connectivity index (χ0) is 5.86. The molecule has 0 aliphatic carbocycles. The first-order valence-electron chi connectivity index (χ1n) is 1.75. The molecule has 0 heterocycles. The molecule has 0 bridgehead atoms. The highest BCUT2D eigenvalue weighted by atomic mass is 32.1. The van der Waals surface area contributed by atoms with Crippen molar-refractivity contribution in [2.24, 2.45) is 5.73 Å². The van der Waals surface area contributed by atoms with Crippen LogP contribution in [0, 0.1) is 0 Å². The molecular weight excluding hydrogens is 114 g/mol. The molecule has 4 heteroatoms. The Morgan fingerprint density at radius 1 is 2.00 bits per heavy atom. The van der Waals surface area contributed by atoms with Gasteiger partial charge < -0.3 is 10.8 Å². The molecule has 0 fully saturated rings. The number of hydrogen-bond donors (Lipinski definition) is 2. The second-order valence-electron chi connectivity index (χ2n) is 1.11. The Morgan fingerprint density at radius 3 is 2.43 bits per heavy atom. The SMILES string of the molecule is NC(C[S])C(=O)O. The Morgan fingerprint density at radius 2 is 2.43 bits per heavy atom. The second kappa shape index (κ2) is 2.87. The van der Waals surface area contributed by atoms with E-state index in [-0.39, 0.29) is 5.75 Å². The summed E-state index contributed by atoms with van der Waals surface area (Å²) in [6.45, 7) is 0. The van der Waals surface area contributed by atoms with Crippen LogP contribution in [0.1, 0.15) is 0 Å². The molecule has 0 spiro atoms. The molecule has 1 atom stereocenters. The van der Waals surface area contributed by atoms with Crippen LogP contribution in [-0.2, 0) is 4.79 Å². The Kier molecular flexibility index (Phi) is 2.78. The molecule has 0 saturated carbocycles. The lowest BCUT2D eigenvalue weighted by Gasteiger charge is -1.95. The molecule has 41 valence electrons. The number of hydrogen-bond acceptors (Lipinski definition) is 2. The highest BCUT2D eigenvalue weighted by Crippen LogP contribution is 1.80. The molecule has 0 rings (SSSR count). The van der Waals surface area contributed by atoms with Gasteiger partial charge in [-0.2, -0.15) is 0 Å². The van der Waals surface area contributed by atoms with Gasteiger partial charge in [0.2, 0.25) is 0 Å². The van der Waals surface area contributed by atoms with Gasteiger partial charge in [-0.3, -0.25) is 4.79 Å². The number of carboxylic acid groups (broad SMARTS) is 1. The lowest BCUT2D eigenvalue weighted by molar-refractivity contribution is -0.137. The number of nitrogens with two attached hydrogens (primary N) is 1. The summed E-state index contributed by atoms with van der Waals surface area (Å²) in [5.74, 6) is -0.954. The first-order valence-corrected chi connectivity index (χ1v) is 2.32. The van der Waals surface area contributed by atoms with E-state index in [0.29, 0.717) is 0 Å². The molecule has 3 nitrogen and oxygen atoms in total. The minimum absolute atomic E-state index is 0.0787. The highest BCUT2D eigenvalue weighted by molar-refractivity contribution is 7.80. The van der Waals surface area contributed by atoms with E-state index in [2.05, 4.69) is 12.6 Å². The topological polar surface area (TPSA) is 63.3 Å². The Hall–Kier alpha value is -0.220. The van der Waals surface area contributed by atoms with Crippen LogP contribution in [0.15, 0.2) is 0 Å². The molecule has 0 amide bonds. The fourth-order valence-corrected chi connectivity index (χ4v) is 0.214. The van der Waals surface area contributed by atoms with Crippen molar-refractivity contribution in [3.8, 4) is 0 Å². The molecule has 0 aliphatic heterocycles. The van der Waals surface area contributed by atoms with Crippen LogP contribution in [0.2, 0.25) is 0 Å². The molecule has 7 heavy (non-hydrogen) atoms. The summed E-state index contributed by atoms with van der Waals surface area (Å²) in [4.78, 5) is 9.74. The summed E-state index contributed by atoms with van der Waals surface area (Å²) in [6, 6.07) is -0.866. The first-order chi connectivity index (χ1) is 3.18. The van der Waals surface area contributed by atoms with Crippen LogP contribution in [-0.4, -0.2) is 22.9 Å². The van der Waals surface area contributed by atoms with E-state index in [9.17, 15) is 4.79 Å². The average molecular weight is 120 g/mol. The van der Waals surface area contributed by atoms with Gasteiger partial charge in [-0.1, -0.05) is 12.6 Å². The number of aliphatic carboxylic acids is 1. The van der Waals surface area contributed by atoms with Gasteiger partial charge in [0, 0.05) is 5.75 Å². The van der Waals surface area contributed by atoms with Crippen LogP contribution in [0.4, 0.5) is 0 Å². The van der Waals surface area contributed by atoms with Crippen LogP contribution in [0.5, 0.6) is 0 Å². The average Bonchev–Trinajstić information content (AvgIpc) is 1.65. The standard InChI is InChI=1S/C3H6NO2S/c4-2(1-7)3(5)6/h2H,1,4H2,(H,5,6). The monoisotopic (exact) mass is 120 g/mol. The van der Waals surface area contributed by atoms with Crippen molar-refractivity contribution < 1.29 is 9.90 Å². The Labute approximate surface area is 46.9 Å². The minimum Gasteiger partial charge on any atom is -0.480 e. The molecule has 0 aromatic rings. The first kappa shape index (κ1) is 6.78. The van der Waals surface area contributed by atoms with E-state index in [1.807, 2.05) is 0 Å². The number of rotatable bonds is 2. The van der Waals surface area contributed by atoms with Crippen molar-refractivity contribution in [1.29, 1.82) is 0 Å². The molecular formula is C3H6NO2S. The summed E-state index contributed by atoms with van der Waals surface area (Å²) in [5, 5.41) is 7.99. The maximum absolute atomic E-state index is 9.74. The summed E-state index contributed by atoms with van der Waals surface area (Å²) < 4.78 is 0. The summed E-state index contributed by atoms with van der Waals surface area (Å²) in [6.07, 6.45) is 0. The van der Waals surface area contributed by atoms with E-state index in [0.717, 1.165) is 0 Å². The normalized spacial score (nSPS) is 13.4. The quantitative estimate of drug-likeness (QED) is 0.521. The van der Waals surface area contributed by atoms with Gasteiger partial charge in [0.05, 0.1) is 0 Å². The zero-order valence-corrected chi connectivity index (χ0v) is 4.44. The maximum atomic E-state index is 9.74. The minimum atomic E-state index is -1.03. The fourth-order valence-electron chi connectivity index (χ4n) is 0.0713. The van der Waals surface area contributed by atoms with Crippen molar-refractivity contribution in [1.82, 2.24) is 0 Å². The largest absolute Gasteiger partial charge is 0.480 e.